The number of carbonyl (C=O) groups is 3. The number of rotatable bonds is 10. The van der Waals surface area contributed by atoms with E-state index < -0.39 is 17.6 Å². The highest BCUT2D eigenvalue weighted by Crippen LogP contribution is 2.29. The first kappa shape index (κ1) is 30.3. The Morgan fingerprint density at radius 1 is 0.810 bits per heavy atom. The van der Waals surface area contributed by atoms with Gasteiger partial charge in [0.1, 0.15) is 11.5 Å². The standard InChI is InChI=1S/C34H32FN3O3S/c1-4-31(34(41)37-28-18-22(2)17-23(3)19-28)42-29-12-8-11-27(21-29)36-33(40)30(20-24-13-15-26(35)16-14-24)38-32(39)25-9-6-5-7-10-25/h5-21,31H,4H2,1-3H3,(H,36,40)(H,37,41)(H,38,39)/b30-20-. The second kappa shape index (κ2) is 14.3. The van der Waals surface area contributed by atoms with Crippen LogP contribution < -0.4 is 16.0 Å². The molecule has 0 saturated heterocycles. The van der Waals surface area contributed by atoms with Crippen LogP contribution in [0.3, 0.4) is 0 Å². The molecule has 4 aromatic rings. The number of aryl methyl sites for hydroxylation is 2. The number of benzene rings is 4. The summed E-state index contributed by atoms with van der Waals surface area (Å²) in [6.07, 6.45) is 2.09. The lowest BCUT2D eigenvalue weighted by atomic mass is 10.1. The van der Waals surface area contributed by atoms with Gasteiger partial charge in [0.15, 0.2) is 0 Å². The molecule has 0 aliphatic heterocycles. The maximum absolute atomic E-state index is 13.4. The van der Waals surface area contributed by atoms with Crippen LogP contribution in [0, 0.1) is 19.7 Å². The van der Waals surface area contributed by atoms with Gasteiger partial charge in [-0.2, -0.15) is 0 Å². The number of anilines is 2. The summed E-state index contributed by atoms with van der Waals surface area (Å²) in [7, 11) is 0. The molecule has 4 rings (SSSR count). The van der Waals surface area contributed by atoms with Gasteiger partial charge in [0, 0.05) is 21.8 Å². The molecule has 6 nitrogen and oxygen atoms in total. The number of nitrogens with one attached hydrogen (secondary N) is 3. The van der Waals surface area contributed by atoms with Gasteiger partial charge in [-0.3, -0.25) is 14.4 Å². The minimum absolute atomic E-state index is 0.00669. The van der Waals surface area contributed by atoms with Crippen LogP contribution in [0.5, 0.6) is 0 Å². The molecule has 0 heterocycles. The van der Waals surface area contributed by atoms with Crippen LogP contribution in [0.15, 0.2) is 108 Å². The predicted molar refractivity (Wildman–Crippen MR) is 168 cm³/mol. The Hall–Kier alpha value is -4.69. The second-order valence-electron chi connectivity index (χ2n) is 9.79. The van der Waals surface area contributed by atoms with Crippen LogP contribution in [0.1, 0.15) is 40.4 Å². The van der Waals surface area contributed by atoms with E-state index in [-0.39, 0.29) is 16.9 Å². The SMILES string of the molecule is CCC(Sc1cccc(NC(=O)/C(=C/c2ccc(F)cc2)NC(=O)c2ccccc2)c1)C(=O)Nc1cc(C)cc(C)c1. The van der Waals surface area contributed by atoms with Crippen molar-refractivity contribution in [3.63, 3.8) is 0 Å². The Morgan fingerprint density at radius 3 is 2.17 bits per heavy atom. The molecule has 1 unspecified atom stereocenters. The summed E-state index contributed by atoms with van der Waals surface area (Å²) in [4.78, 5) is 40.1. The number of carbonyl (C=O) groups excluding carboxylic acids is 3. The van der Waals surface area contributed by atoms with Gasteiger partial charge in [0.25, 0.3) is 11.8 Å². The number of amides is 3. The molecule has 0 radical (unpaired) electrons. The van der Waals surface area contributed by atoms with E-state index in [4.69, 9.17) is 0 Å². The van der Waals surface area contributed by atoms with Gasteiger partial charge in [0.2, 0.25) is 5.91 Å². The summed E-state index contributed by atoms with van der Waals surface area (Å²) < 4.78 is 13.4. The minimum Gasteiger partial charge on any atom is -0.325 e. The number of hydrogen-bond acceptors (Lipinski definition) is 4. The first-order valence-corrected chi connectivity index (χ1v) is 14.4. The summed E-state index contributed by atoms with van der Waals surface area (Å²) in [5.41, 5.74) is 4.32. The molecule has 0 spiro atoms. The average Bonchev–Trinajstić information content (AvgIpc) is 2.96. The zero-order chi connectivity index (χ0) is 30.1. The lowest BCUT2D eigenvalue weighted by Crippen LogP contribution is -2.30. The van der Waals surface area contributed by atoms with Crippen LogP contribution in [-0.2, 0) is 9.59 Å². The van der Waals surface area contributed by atoms with Gasteiger partial charge in [0.05, 0.1) is 5.25 Å². The molecule has 3 N–H and O–H groups in total. The van der Waals surface area contributed by atoms with Crippen LogP contribution in [0.4, 0.5) is 15.8 Å². The van der Waals surface area contributed by atoms with Gasteiger partial charge in [-0.25, -0.2) is 4.39 Å². The highest BCUT2D eigenvalue weighted by Gasteiger charge is 2.20. The van der Waals surface area contributed by atoms with E-state index in [2.05, 4.69) is 22.0 Å². The molecular weight excluding hydrogens is 549 g/mol. The molecule has 4 aromatic carbocycles. The van der Waals surface area contributed by atoms with Crippen molar-refractivity contribution in [3.8, 4) is 0 Å². The monoisotopic (exact) mass is 581 g/mol. The Morgan fingerprint density at radius 2 is 1.50 bits per heavy atom. The van der Waals surface area contributed by atoms with Crippen LogP contribution in [0.2, 0.25) is 0 Å². The third kappa shape index (κ3) is 8.65. The molecule has 42 heavy (non-hydrogen) atoms. The van der Waals surface area contributed by atoms with Crippen molar-refractivity contribution >= 4 is 46.9 Å². The first-order valence-electron chi connectivity index (χ1n) is 13.5. The minimum atomic E-state index is -0.551. The smallest absolute Gasteiger partial charge is 0.272 e. The third-order valence-electron chi connectivity index (χ3n) is 6.23. The molecule has 0 bridgehead atoms. The van der Waals surface area contributed by atoms with Crippen molar-refractivity contribution in [2.45, 2.75) is 37.3 Å². The fourth-order valence-electron chi connectivity index (χ4n) is 4.27. The molecule has 0 aromatic heterocycles. The van der Waals surface area contributed by atoms with Crippen molar-refractivity contribution in [3.05, 3.63) is 131 Å². The lowest BCUT2D eigenvalue weighted by Gasteiger charge is -2.16. The van der Waals surface area contributed by atoms with Crippen LogP contribution in [-0.4, -0.2) is 23.0 Å². The van der Waals surface area contributed by atoms with Crippen molar-refractivity contribution in [1.29, 1.82) is 0 Å². The van der Waals surface area contributed by atoms with Gasteiger partial charge < -0.3 is 16.0 Å². The summed E-state index contributed by atoms with van der Waals surface area (Å²) in [6.45, 7) is 5.93. The zero-order valence-corrected chi connectivity index (χ0v) is 24.4. The zero-order valence-electron chi connectivity index (χ0n) is 23.6. The van der Waals surface area contributed by atoms with Crippen molar-refractivity contribution in [1.82, 2.24) is 5.32 Å². The predicted octanol–water partition coefficient (Wildman–Crippen LogP) is 7.36. The van der Waals surface area contributed by atoms with E-state index in [9.17, 15) is 18.8 Å². The van der Waals surface area contributed by atoms with E-state index in [0.29, 0.717) is 23.2 Å². The Bertz CT molecular complexity index is 1580. The van der Waals surface area contributed by atoms with Crippen LogP contribution in [0.25, 0.3) is 6.08 Å². The topological polar surface area (TPSA) is 87.3 Å². The van der Waals surface area contributed by atoms with E-state index in [1.54, 1.807) is 48.5 Å². The summed E-state index contributed by atoms with van der Waals surface area (Å²) in [6, 6.07) is 27.2. The summed E-state index contributed by atoms with van der Waals surface area (Å²) in [5.74, 6) is -1.52. The normalized spacial score (nSPS) is 11.9. The summed E-state index contributed by atoms with van der Waals surface area (Å²) in [5, 5.41) is 8.17. The molecule has 3 amide bonds. The third-order valence-corrected chi connectivity index (χ3v) is 7.59. The second-order valence-corrected chi connectivity index (χ2v) is 11.1. The van der Waals surface area contributed by atoms with Gasteiger partial charge in [-0.15, -0.1) is 11.8 Å². The fraction of sp³-hybridized carbons (Fsp3) is 0.147. The molecule has 214 valence electrons. The Labute approximate surface area is 249 Å². The quantitative estimate of drug-likeness (QED) is 0.135. The van der Waals surface area contributed by atoms with Crippen molar-refractivity contribution in [2.75, 3.05) is 10.6 Å². The molecule has 0 aliphatic rings. The van der Waals surface area contributed by atoms with E-state index >= 15 is 0 Å². The van der Waals surface area contributed by atoms with Gasteiger partial charge in [-0.05, 0) is 97.6 Å². The Kier molecular flexibility index (Phi) is 10.3. The van der Waals surface area contributed by atoms with Crippen molar-refractivity contribution in [2.24, 2.45) is 0 Å². The lowest BCUT2D eigenvalue weighted by molar-refractivity contribution is -0.116. The van der Waals surface area contributed by atoms with E-state index in [1.165, 1.54) is 42.1 Å². The van der Waals surface area contributed by atoms with E-state index in [0.717, 1.165) is 21.7 Å². The molecule has 8 heteroatoms. The molecule has 1 atom stereocenters. The highest BCUT2D eigenvalue weighted by molar-refractivity contribution is 8.00. The largest absolute Gasteiger partial charge is 0.325 e. The average molecular weight is 582 g/mol. The molecular formula is C34H32FN3O3S. The van der Waals surface area contributed by atoms with Gasteiger partial charge in [-0.1, -0.05) is 49.4 Å². The first-order chi connectivity index (χ1) is 20.2. The molecule has 0 fully saturated rings. The molecule has 0 aliphatic carbocycles. The summed E-state index contributed by atoms with van der Waals surface area (Å²) >= 11 is 1.40. The maximum atomic E-state index is 13.4. The number of halogens is 1. The number of hydrogen-bond donors (Lipinski definition) is 3. The van der Waals surface area contributed by atoms with Crippen molar-refractivity contribution < 1.29 is 18.8 Å². The maximum Gasteiger partial charge on any atom is 0.272 e. The number of thioether (sulfide) groups is 1. The van der Waals surface area contributed by atoms with Gasteiger partial charge >= 0.3 is 0 Å². The molecule has 0 saturated carbocycles. The Balaban J connectivity index is 1.50. The highest BCUT2D eigenvalue weighted by atomic mass is 32.2. The van der Waals surface area contributed by atoms with E-state index in [1.807, 2.05) is 39.0 Å². The van der Waals surface area contributed by atoms with Crippen LogP contribution >= 0.6 is 11.8 Å². The fourth-order valence-corrected chi connectivity index (χ4v) is 5.28.